The summed E-state index contributed by atoms with van der Waals surface area (Å²) in [5.74, 6) is 0. The zero-order chi connectivity index (χ0) is 12.1. The molecular formula is C14H16NOS+. The summed E-state index contributed by atoms with van der Waals surface area (Å²) in [6, 6.07) is 10.3. The molecule has 1 heterocycles. The van der Waals surface area contributed by atoms with Gasteiger partial charge in [0.2, 0.25) is 11.3 Å². The number of rotatable bonds is 4. The zero-order valence-corrected chi connectivity index (χ0v) is 10.9. The molecule has 0 aliphatic carbocycles. The van der Waals surface area contributed by atoms with Crippen LogP contribution in [-0.2, 0) is 7.05 Å². The lowest BCUT2D eigenvalue weighted by Gasteiger charge is -1.91. The van der Waals surface area contributed by atoms with Crippen molar-refractivity contribution in [2.45, 2.75) is 6.92 Å². The molecule has 0 atom stereocenters. The summed E-state index contributed by atoms with van der Waals surface area (Å²) >= 11 is 1.66. The van der Waals surface area contributed by atoms with Gasteiger partial charge in [0, 0.05) is 6.08 Å². The highest BCUT2D eigenvalue weighted by atomic mass is 32.1. The Bertz CT molecular complexity index is 502. The minimum atomic E-state index is 0.711. The van der Waals surface area contributed by atoms with Crippen molar-refractivity contribution in [3.05, 3.63) is 47.1 Å². The van der Waals surface area contributed by atoms with E-state index < -0.39 is 0 Å². The largest absolute Gasteiger partial charge is 0.480 e. The van der Waals surface area contributed by atoms with E-state index in [-0.39, 0.29) is 0 Å². The van der Waals surface area contributed by atoms with Gasteiger partial charge in [0.15, 0.2) is 0 Å². The quantitative estimate of drug-likeness (QED) is 0.755. The van der Waals surface area contributed by atoms with Crippen molar-refractivity contribution in [3.63, 3.8) is 0 Å². The third-order valence-corrected chi connectivity index (χ3v) is 3.41. The molecule has 17 heavy (non-hydrogen) atoms. The minimum absolute atomic E-state index is 0.711. The Morgan fingerprint density at radius 3 is 2.71 bits per heavy atom. The van der Waals surface area contributed by atoms with E-state index in [0.717, 1.165) is 5.06 Å². The summed E-state index contributed by atoms with van der Waals surface area (Å²) in [7, 11) is 2.03. The van der Waals surface area contributed by atoms with Gasteiger partial charge in [0.25, 0.3) is 5.01 Å². The predicted molar refractivity (Wildman–Crippen MR) is 72.0 cm³/mol. The van der Waals surface area contributed by atoms with Crippen LogP contribution >= 0.6 is 11.3 Å². The van der Waals surface area contributed by atoms with Gasteiger partial charge >= 0.3 is 0 Å². The van der Waals surface area contributed by atoms with Gasteiger partial charge in [-0.3, -0.25) is 0 Å². The van der Waals surface area contributed by atoms with Gasteiger partial charge in [-0.25, -0.2) is 0 Å². The molecule has 0 amide bonds. The van der Waals surface area contributed by atoms with Crippen molar-refractivity contribution in [2.75, 3.05) is 6.61 Å². The van der Waals surface area contributed by atoms with Gasteiger partial charge in [0.05, 0.1) is 6.61 Å². The van der Waals surface area contributed by atoms with E-state index in [9.17, 15) is 0 Å². The smallest absolute Gasteiger partial charge is 0.264 e. The fourth-order valence-corrected chi connectivity index (χ4v) is 2.44. The number of aryl methyl sites for hydroxylation is 1. The highest BCUT2D eigenvalue weighted by Crippen LogP contribution is 2.21. The maximum atomic E-state index is 5.48. The van der Waals surface area contributed by atoms with Crippen molar-refractivity contribution in [1.82, 2.24) is 0 Å². The maximum absolute atomic E-state index is 5.48. The number of thiazole rings is 1. The second-order valence-corrected chi connectivity index (χ2v) is 4.70. The van der Waals surface area contributed by atoms with Crippen molar-refractivity contribution >= 4 is 23.5 Å². The van der Waals surface area contributed by atoms with Crippen LogP contribution in [0, 0.1) is 0 Å². The first kappa shape index (κ1) is 11.9. The number of hydrogen-bond donors (Lipinski definition) is 0. The molecule has 0 fully saturated rings. The lowest BCUT2D eigenvalue weighted by Crippen LogP contribution is -2.27. The first-order valence-electron chi connectivity index (χ1n) is 5.65. The van der Waals surface area contributed by atoms with Crippen molar-refractivity contribution < 1.29 is 9.30 Å². The molecule has 0 N–H and O–H groups in total. The van der Waals surface area contributed by atoms with Crippen molar-refractivity contribution in [3.8, 4) is 5.06 Å². The summed E-state index contributed by atoms with van der Waals surface area (Å²) in [5, 5.41) is 2.14. The van der Waals surface area contributed by atoms with Gasteiger partial charge in [-0.1, -0.05) is 30.3 Å². The highest BCUT2D eigenvalue weighted by Gasteiger charge is 2.10. The van der Waals surface area contributed by atoms with Gasteiger partial charge in [-0.05, 0) is 29.9 Å². The molecule has 0 aliphatic heterocycles. The summed E-state index contributed by atoms with van der Waals surface area (Å²) in [4.78, 5) is 0. The molecule has 88 valence electrons. The molecule has 2 aromatic rings. The summed E-state index contributed by atoms with van der Waals surface area (Å²) < 4.78 is 7.56. The molecule has 0 saturated carbocycles. The predicted octanol–water partition coefficient (Wildman–Crippen LogP) is 3.14. The second-order valence-electron chi connectivity index (χ2n) is 3.68. The van der Waals surface area contributed by atoms with E-state index in [4.69, 9.17) is 4.74 Å². The Labute approximate surface area is 106 Å². The van der Waals surface area contributed by atoms with Crippen LogP contribution in [0.4, 0.5) is 0 Å². The second kappa shape index (κ2) is 5.64. The molecule has 0 radical (unpaired) electrons. The first-order valence-corrected chi connectivity index (χ1v) is 6.46. The fraction of sp³-hybridized carbons (Fsp3) is 0.214. The van der Waals surface area contributed by atoms with Crippen molar-refractivity contribution in [2.24, 2.45) is 7.05 Å². The normalized spacial score (nSPS) is 10.9. The van der Waals surface area contributed by atoms with Gasteiger partial charge in [-0.15, -0.1) is 0 Å². The van der Waals surface area contributed by atoms with Crippen LogP contribution in [-0.4, -0.2) is 6.61 Å². The third kappa shape index (κ3) is 3.17. The number of benzene rings is 1. The third-order valence-electron chi connectivity index (χ3n) is 2.36. The molecule has 0 aliphatic rings. The average molecular weight is 246 g/mol. The summed E-state index contributed by atoms with van der Waals surface area (Å²) in [6.45, 7) is 2.71. The minimum Gasteiger partial charge on any atom is -0.480 e. The van der Waals surface area contributed by atoms with Gasteiger partial charge < -0.3 is 4.74 Å². The van der Waals surface area contributed by atoms with Gasteiger partial charge in [0.1, 0.15) is 7.05 Å². The fourth-order valence-electron chi connectivity index (χ4n) is 1.52. The van der Waals surface area contributed by atoms with Crippen LogP contribution in [0.5, 0.6) is 5.06 Å². The number of hydrogen-bond acceptors (Lipinski definition) is 2. The molecule has 3 heteroatoms. The number of aromatic nitrogens is 1. The van der Waals surface area contributed by atoms with Crippen LogP contribution < -0.4 is 9.30 Å². The van der Waals surface area contributed by atoms with Crippen LogP contribution in [0.2, 0.25) is 0 Å². The SMILES string of the molecule is CCOc1c[n+](C)c(/C=C/c2ccccc2)s1. The molecule has 0 bridgehead atoms. The number of nitrogens with zero attached hydrogens (tertiary/aromatic N) is 1. The van der Waals surface area contributed by atoms with E-state index in [1.54, 1.807) is 11.3 Å². The van der Waals surface area contributed by atoms with Crippen molar-refractivity contribution in [1.29, 1.82) is 0 Å². The molecule has 0 unspecified atom stereocenters. The van der Waals surface area contributed by atoms with E-state index in [1.807, 2.05) is 38.4 Å². The van der Waals surface area contributed by atoms with E-state index in [1.165, 1.54) is 10.6 Å². The van der Waals surface area contributed by atoms with Crippen LogP contribution in [0.3, 0.4) is 0 Å². The molecule has 0 saturated heterocycles. The van der Waals surface area contributed by atoms with Crippen LogP contribution in [0.1, 0.15) is 17.5 Å². The van der Waals surface area contributed by atoms with Gasteiger partial charge in [-0.2, -0.15) is 4.57 Å². The van der Waals surface area contributed by atoms with Crippen LogP contribution in [0.25, 0.3) is 12.2 Å². The standard InChI is InChI=1S/C14H16NOS/c1-3-16-14-11-15(2)13(17-14)10-9-12-7-5-4-6-8-12/h4-11H,3H2,1-2H3/q+1/b10-9+. The number of ether oxygens (including phenoxy) is 1. The van der Waals surface area contributed by atoms with E-state index in [2.05, 4.69) is 28.9 Å². The topological polar surface area (TPSA) is 13.1 Å². The maximum Gasteiger partial charge on any atom is 0.264 e. The Morgan fingerprint density at radius 2 is 2.00 bits per heavy atom. The Morgan fingerprint density at radius 1 is 1.24 bits per heavy atom. The average Bonchev–Trinajstić information content (AvgIpc) is 2.69. The summed E-state index contributed by atoms with van der Waals surface area (Å²) in [5.41, 5.74) is 1.21. The van der Waals surface area contributed by atoms with Crippen LogP contribution in [0.15, 0.2) is 36.5 Å². The summed E-state index contributed by atoms with van der Waals surface area (Å²) in [6.07, 6.45) is 6.24. The van der Waals surface area contributed by atoms with E-state index >= 15 is 0 Å². The monoisotopic (exact) mass is 246 g/mol. The molecule has 1 aromatic heterocycles. The Hall–Kier alpha value is -1.61. The lowest BCUT2D eigenvalue weighted by molar-refractivity contribution is -0.668. The zero-order valence-electron chi connectivity index (χ0n) is 10.1. The Balaban J connectivity index is 2.16. The Kier molecular flexibility index (Phi) is 3.94. The van der Waals surface area contributed by atoms with E-state index in [0.29, 0.717) is 6.61 Å². The lowest BCUT2D eigenvalue weighted by atomic mass is 10.2. The highest BCUT2D eigenvalue weighted by molar-refractivity contribution is 7.13. The molecular weight excluding hydrogens is 230 g/mol. The molecule has 1 aromatic carbocycles. The molecule has 2 nitrogen and oxygen atoms in total. The first-order chi connectivity index (χ1) is 8.29. The molecule has 2 rings (SSSR count). The molecule has 0 spiro atoms.